The number of rotatable bonds is 8. The van der Waals surface area contributed by atoms with Crippen LogP contribution in [0.25, 0.3) is 0 Å². The van der Waals surface area contributed by atoms with Gasteiger partial charge in [0.05, 0.1) is 6.61 Å². The van der Waals surface area contributed by atoms with Crippen molar-refractivity contribution >= 4 is 12.4 Å². The SMILES string of the molecule is CCCCCCCCc1ccc2c(c1)CC(N)(CO)CC2.Cl. The Kier molecular flexibility index (Phi) is 8.45. The highest BCUT2D eigenvalue weighted by Gasteiger charge is 2.29. The van der Waals surface area contributed by atoms with Crippen molar-refractivity contribution < 1.29 is 5.11 Å². The second-order valence-electron chi connectivity index (χ2n) is 6.82. The Morgan fingerprint density at radius 1 is 1.09 bits per heavy atom. The molecule has 0 heterocycles. The minimum Gasteiger partial charge on any atom is -0.394 e. The predicted octanol–water partition coefficient (Wildman–Crippen LogP) is 4.19. The lowest BCUT2D eigenvalue weighted by Gasteiger charge is -2.33. The Hall–Kier alpha value is -0.570. The second-order valence-corrected chi connectivity index (χ2v) is 6.82. The van der Waals surface area contributed by atoms with Crippen molar-refractivity contribution in [3.05, 3.63) is 34.9 Å². The van der Waals surface area contributed by atoms with Gasteiger partial charge in [-0.3, -0.25) is 0 Å². The van der Waals surface area contributed by atoms with Crippen LogP contribution in [0.4, 0.5) is 0 Å². The summed E-state index contributed by atoms with van der Waals surface area (Å²) in [6, 6.07) is 6.89. The van der Waals surface area contributed by atoms with E-state index in [-0.39, 0.29) is 19.0 Å². The van der Waals surface area contributed by atoms with E-state index < -0.39 is 5.54 Å². The first kappa shape index (κ1) is 19.5. The largest absolute Gasteiger partial charge is 0.394 e. The lowest BCUT2D eigenvalue weighted by Crippen LogP contribution is -2.48. The standard InChI is InChI=1S/C19H31NO.ClH/c1-2-3-4-5-6-7-8-16-9-10-17-11-12-19(20,15-21)14-18(17)13-16;/h9-10,13,21H,2-8,11-12,14-15,20H2,1H3;1H. The zero-order valence-corrected chi connectivity index (χ0v) is 14.8. The van der Waals surface area contributed by atoms with Crippen molar-refractivity contribution in [2.75, 3.05) is 6.61 Å². The molecule has 22 heavy (non-hydrogen) atoms. The predicted molar refractivity (Wildman–Crippen MR) is 96.8 cm³/mol. The molecule has 126 valence electrons. The van der Waals surface area contributed by atoms with Crippen LogP contribution < -0.4 is 5.73 Å². The maximum Gasteiger partial charge on any atom is 0.0614 e. The molecule has 2 rings (SSSR count). The summed E-state index contributed by atoms with van der Waals surface area (Å²) in [6.07, 6.45) is 12.0. The highest BCUT2D eigenvalue weighted by Crippen LogP contribution is 2.28. The van der Waals surface area contributed by atoms with Crippen LogP contribution in [0, 0.1) is 0 Å². The van der Waals surface area contributed by atoms with Gasteiger partial charge in [0, 0.05) is 5.54 Å². The maximum absolute atomic E-state index is 9.46. The Morgan fingerprint density at radius 2 is 1.82 bits per heavy atom. The molecule has 1 aromatic carbocycles. The van der Waals surface area contributed by atoms with Gasteiger partial charge in [0.25, 0.3) is 0 Å². The molecule has 0 saturated heterocycles. The summed E-state index contributed by atoms with van der Waals surface area (Å²) < 4.78 is 0. The van der Waals surface area contributed by atoms with Crippen LogP contribution in [0.2, 0.25) is 0 Å². The lowest BCUT2D eigenvalue weighted by molar-refractivity contribution is 0.181. The summed E-state index contributed by atoms with van der Waals surface area (Å²) in [4.78, 5) is 0. The van der Waals surface area contributed by atoms with Crippen LogP contribution in [-0.2, 0) is 19.3 Å². The average molecular weight is 326 g/mol. The molecular weight excluding hydrogens is 294 g/mol. The topological polar surface area (TPSA) is 46.2 Å². The van der Waals surface area contributed by atoms with Gasteiger partial charge in [0.1, 0.15) is 0 Å². The molecule has 0 amide bonds. The van der Waals surface area contributed by atoms with Crippen LogP contribution in [0.1, 0.15) is 68.6 Å². The summed E-state index contributed by atoms with van der Waals surface area (Å²) in [6.45, 7) is 2.35. The highest BCUT2D eigenvalue weighted by atomic mass is 35.5. The van der Waals surface area contributed by atoms with Crippen molar-refractivity contribution in [1.82, 2.24) is 0 Å². The second kappa shape index (κ2) is 9.54. The number of hydrogen-bond acceptors (Lipinski definition) is 2. The Morgan fingerprint density at radius 3 is 2.55 bits per heavy atom. The number of hydrogen-bond donors (Lipinski definition) is 2. The molecule has 3 N–H and O–H groups in total. The minimum atomic E-state index is -0.397. The Balaban J connectivity index is 0.00000242. The molecule has 1 aromatic rings. The van der Waals surface area contributed by atoms with E-state index in [1.165, 1.54) is 61.6 Å². The molecule has 2 nitrogen and oxygen atoms in total. The quantitative estimate of drug-likeness (QED) is 0.704. The van der Waals surface area contributed by atoms with E-state index in [4.69, 9.17) is 5.73 Å². The number of aryl methyl sites for hydroxylation is 2. The van der Waals surface area contributed by atoms with E-state index in [0.29, 0.717) is 0 Å². The molecule has 1 aliphatic carbocycles. The number of benzene rings is 1. The highest BCUT2D eigenvalue weighted by molar-refractivity contribution is 5.85. The molecule has 0 radical (unpaired) electrons. The van der Waals surface area contributed by atoms with E-state index in [1.54, 1.807) is 0 Å². The van der Waals surface area contributed by atoms with Crippen molar-refractivity contribution in [2.45, 2.75) is 76.7 Å². The molecule has 0 fully saturated rings. The van der Waals surface area contributed by atoms with Crippen LogP contribution in [0.3, 0.4) is 0 Å². The van der Waals surface area contributed by atoms with E-state index in [1.807, 2.05) is 0 Å². The van der Waals surface area contributed by atoms with Crippen molar-refractivity contribution in [3.63, 3.8) is 0 Å². The summed E-state index contributed by atoms with van der Waals surface area (Å²) in [5, 5.41) is 9.46. The Bertz CT molecular complexity index is 449. The smallest absolute Gasteiger partial charge is 0.0614 e. The molecule has 3 heteroatoms. The molecule has 0 saturated carbocycles. The monoisotopic (exact) mass is 325 g/mol. The number of nitrogens with two attached hydrogens (primary N) is 1. The van der Waals surface area contributed by atoms with Crippen LogP contribution >= 0.6 is 12.4 Å². The van der Waals surface area contributed by atoms with E-state index in [2.05, 4.69) is 25.1 Å². The molecule has 0 spiro atoms. The number of aliphatic hydroxyl groups excluding tert-OH is 1. The first-order valence-corrected chi connectivity index (χ1v) is 8.67. The van der Waals surface area contributed by atoms with Crippen molar-refractivity contribution in [3.8, 4) is 0 Å². The molecule has 0 aromatic heterocycles. The Labute approximate surface area is 141 Å². The first-order valence-electron chi connectivity index (χ1n) is 8.67. The van der Waals surface area contributed by atoms with Crippen LogP contribution in [0.5, 0.6) is 0 Å². The molecule has 0 bridgehead atoms. The van der Waals surface area contributed by atoms with Gasteiger partial charge in [-0.05, 0) is 48.8 Å². The van der Waals surface area contributed by atoms with E-state index >= 15 is 0 Å². The van der Waals surface area contributed by atoms with Gasteiger partial charge < -0.3 is 10.8 Å². The van der Waals surface area contributed by atoms with Gasteiger partial charge in [0.2, 0.25) is 0 Å². The number of unbranched alkanes of at least 4 members (excludes halogenated alkanes) is 5. The molecular formula is C19H32ClNO. The molecule has 1 atom stereocenters. The summed E-state index contributed by atoms with van der Waals surface area (Å²) in [5.41, 5.74) is 10.1. The third kappa shape index (κ3) is 5.57. The summed E-state index contributed by atoms with van der Waals surface area (Å²) in [5.74, 6) is 0. The fourth-order valence-electron chi connectivity index (χ4n) is 3.34. The van der Waals surface area contributed by atoms with E-state index in [9.17, 15) is 5.11 Å². The fraction of sp³-hybridized carbons (Fsp3) is 0.684. The summed E-state index contributed by atoms with van der Waals surface area (Å²) >= 11 is 0. The zero-order valence-electron chi connectivity index (χ0n) is 13.9. The normalized spacial score (nSPS) is 20.3. The van der Waals surface area contributed by atoms with Gasteiger partial charge in [-0.1, -0.05) is 57.2 Å². The third-order valence-electron chi connectivity index (χ3n) is 4.84. The molecule has 1 aliphatic rings. The van der Waals surface area contributed by atoms with Gasteiger partial charge in [-0.15, -0.1) is 12.4 Å². The molecule has 0 aliphatic heterocycles. The average Bonchev–Trinajstić information content (AvgIpc) is 2.50. The number of halogens is 1. The van der Waals surface area contributed by atoms with E-state index in [0.717, 1.165) is 19.3 Å². The minimum absolute atomic E-state index is 0. The first-order chi connectivity index (χ1) is 10.2. The third-order valence-corrected chi connectivity index (χ3v) is 4.84. The molecule has 1 unspecified atom stereocenters. The van der Waals surface area contributed by atoms with Gasteiger partial charge in [0.15, 0.2) is 0 Å². The van der Waals surface area contributed by atoms with Gasteiger partial charge in [-0.2, -0.15) is 0 Å². The zero-order chi connectivity index (χ0) is 15.1. The fourth-order valence-corrected chi connectivity index (χ4v) is 3.34. The lowest BCUT2D eigenvalue weighted by atomic mass is 9.78. The van der Waals surface area contributed by atoms with Crippen LogP contribution in [-0.4, -0.2) is 17.3 Å². The summed E-state index contributed by atoms with van der Waals surface area (Å²) in [7, 11) is 0. The number of fused-ring (bicyclic) bond motifs is 1. The van der Waals surface area contributed by atoms with Crippen molar-refractivity contribution in [1.29, 1.82) is 0 Å². The number of aliphatic hydroxyl groups is 1. The van der Waals surface area contributed by atoms with Gasteiger partial charge >= 0.3 is 0 Å². The maximum atomic E-state index is 9.46. The van der Waals surface area contributed by atoms with Crippen molar-refractivity contribution in [2.24, 2.45) is 5.73 Å². The van der Waals surface area contributed by atoms with Gasteiger partial charge in [-0.25, -0.2) is 0 Å². The van der Waals surface area contributed by atoms with Crippen LogP contribution in [0.15, 0.2) is 18.2 Å².